The number of carbonyl (C=O) groups excluding carboxylic acids is 1. The summed E-state index contributed by atoms with van der Waals surface area (Å²) in [7, 11) is 1.59. The Hall–Kier alpha value is -1.79. The van der Waals surface area contributed by atoms with E-state index in [2.05, 4.69) is 15.5 Å². The molecule has 2 aromatic rings. The molecule has 2 rings (SSSR count). The van der Waals surface area contributed by atoms with Crippen molar-refractivity contribution in [3.8, 4) is 0 Å². The van der Waals surface area contributed by atoms with Crippen molar-refractivity contribution in [2.45, 2.75) is 20.0 Å². The maximum atomic E-state index is 11.8. The molecule has 1 N–H and O–H groups in total. The Morgan fingerprint density at radius 1 is 1.32 bits per heavy atom. The molecule has 100 valence electrons. The van der Waals surface area contributed by atoms with Gasteiger partial charge < -0.3 is 10.1 Å². The number of hydrogen-bond donors (Lipinski definition) is 1. The second kappa shape index (κ2) is 6.40. The molecule has 0 fully saturated rings. The van der Waals surface area contributed by atoms with Crippen molar-refractivity contribution in [1.29, 1.82) is 0 Å². The molecule has 0 bridgehead atoms. The van der Waals surface area contributed by atoms with Crippen LogP contribution in [0.3, 0.4) is 0 Å². The van der Waals surface area contributed by atoms with E-state index in [1.807, 2.05) is 31.2 Å². The number of aryl methyl sites for hydroxylation is 1. The summed E-state index contributed by atoms with van der Waals surface area (Å²) in [6, 6.07) is 7.88. The number of methoxy groups -OCH3 is 1. The number of rotatable bonds is 5. The average Bonchev–Trinajstić information content (AvgIpc) is 2.80. The Morgan fingerprint density at radius 3 is 2.74 bits per heavy atom. The van der Waals surface area contributed by atoms with Crippen LogP contribution in [0.2, 0.25) is 0 Å². The molecule has 0 unspecified atom stereocenters. The van der Waals surface area contributed by atoms with Gasteiger partial charge in [0.25, 0.3) is 0 Å². The summed E-state index contributed by atoms with van der Waals surface area (Å²) in [4.78, 5) is 11.8. The first-order chi connectivity index (χ1) is 9.17. The summed E-state index contributed by atoms with van der Waals surface area (Å²) in [5, 5.41) is 11.8. The maximum absolute atomic E-state index is 11.8. The first-order valence-corrected chi connectivity index (χ1v) is 6.66. The van der Waals surface area contributed by atoms with Gasteiger partial charge in [-0.05, 0) is 12.5 Å². The highest BCUT2D eigenvalue weighted by Gasteiger charge is 2.08. The number of hydrogen-bond acceptors (Lipinski definition) is 5. The summed E-state index contributed by atoms with van der Waals surface area (Å²) >= 11 is 1.32. The summed E-state index contributed by atoms with van der Waals surface area (Å²) in [5.74, 6) is -0.0935. The first kappa shape index (κ1) is 13.6. The van der Waals surface area contributed by atoms with Crippen LogP contribution in [0, 0.1) is 6.92 Å². The zero-order valence-electron chi connectivity index (χ0n) is 10.8. The van der Waals surface area contributed by atoms with E-state index in [0.717, 1.165) is 10.6 Å². The smallest absolute Gasteiger partial charge is 0.230 e. The van der Waals surface area contributed by atoms with Crippen molar-refractivity contribution in [2.24, 2.45) is 0 Å². The lowest BCUT2D eigenvalue weighted by Gasteiger charge is -2.02. The molecule has 0 saturated heterocycles. The number of carbonyl (C=O) groups is 1. The summed E-state index contributed by atoms with van der Waals surface area (Å²) in [5.41, 5.74) is 2.15. The highest BCUT2D eigenvalue weighted by atomic mass is 32.1. The Kier molecular flexibility index (Phi) is 4.59. The highest BCUT2D eigenvalue weighted by molar-refractivity contribution is 7.15. The molecule has 0 aliphatic carbocycles. The lowest BCUT2D eigenvalue weighted by Crippen LogP contribution is -2.14. The van der Waals surface area contributed by atoms with Crippen molar-refractivity contribution in [1.82, 2.24) is 10.2 Å². The minimum absolute atomic E-state index is 0.0935. The van der Waals surface area contributed by atoms with E-state index in [1.165, 1.54) is 16.9 Å². The van der Waals surface area contributed by atoms with Crippen LogP contribution < -0.4 is 5.32 Å². The maximum Gasteiger partial charge on any atom is 0.230 e. The minimum atomic E-state index is -0.0935. The van der Waals surface area contributed by atoms with Gasteiger partial charge in [-0.2, -0.15) is 0 Å². The van der Waals surface area contributed by atoms with Crippen LogP contribution in [0.4, 0.5) is 5.13 Å². The van der Waals surface area contributed by atoms with Gasteiger partial charge in [0.05, 0.1) is 6.42 Å². The third-order valence-electron chi connectivity index (χ3n) is 2.47. The van der Waals surface area contributed by atoms with Gasteiger partial charge in [0, 0.05) is 7.11 Å². The van der Waals surface area contributed by atoms with E-state index in [9.17, 15) is 4.79 Å². The molecule has 0 atom stereocenters. The van der Waals surface area contributed by atoms with Crippen LogP contribution in [0.1, 0.15) is 16.1 Å². The Morgan fingerprint density at radius 2 is 2.05 bits per heavy atom. The molecule has 1 aromatic heterocycles. The summed E-state index contributed by atoms with van der Waals surface area (Å²) < 4.78 is 4.95. The average molecular weight is 277 g/mol. The standard InChI is InChI=1S/C13H15N3O2S/c1-9-3-5-10(6-4-9)7-11(17)14-13-16-15-12(19-13)8-18-2/h3-6H,7-8H2,1-2H3,(H,14,16,17). The van der Waals surface area contributed by atoms with Crippen LogP contribution in [-0.4, -0.2) is 23.2 Å². The number of nitrogens with zero attached hydrogens (tertiary/aromatic N) is 2. The number of amides is 1. The first-order valence-electron chi connectivity index (χ1n) is 5.84. The van der Waals surface area contributed by atoms with Gasteiger partial charge in [-0.15, -0.1) is 10.2 Å². The van der Waals surface area contributed by atoms with Crippen LogP contribution >= 0.6 is 11.3 Å². The van der Waals surface area contributed by atoms with Crippen molar-refractivity contribution in [3.05, 3.63) is 40.4 Å². The molecule has 19 heavy (non-hydrogen) atoms. The van der Waals surface area contributed by atoms with Gasteiger partial charge in [-0.3, -0.25) is 4.79 Å². The predicted octanol–water partition coefficient (Wildman–Crippen LogP) is 2.17. The van der Waals surface area contributed by atoms with Crippen LogP contribution in [0.15, 0.2) is 24.3 Å². The van der Waals surface area contributed by atoms with Crippen molar-refractivity contribution in [3.63, 3.8) is 0 Å². The Bertz CT molecular complexity index is 551. The molecule has 1 aromatic carbocycles. The molecule has 1 heterocycles. The fraction of sp³-hybridized carbons (Fsp3) is 0.308. The summed E-state index contributed by atoms with van der Waals surface area (Å²) in [6.45, 7) is 2.42. The monoisotopic (exact) mass is 277 g/mol. The predicted molar refractivity (Wildman–Crippen MR) is 74.1 cm³/mol. The molecule has 5 nitrogen and oxygen atoms in total. The summed E-state index contributed by atoms with van der Waals surface area (Å²) in [6.07, 6.45) is 0.333. The minimum Gasteiger partial charge on any atom is -0.377 e. The van der Waals surface area contributed by atoms with E-state index < -0.39 is 0 Å². The van der Waals surface area contributed by atoms with Crippen molar-refractivity contribution >= 4 is 22.4 Å². The number of aromatic nitrogens is 2. The Balaban J connectivity index is 1.91. The topological polar surface area (TPSA) is 64.1 Å². The molecular formula is C13H15N3O2S. The molecule has 1 amide bonds. The lowest BCUT2D eigenvalue weighted by atomic mass is 10.1. The van der Waals surface area contributed by atoms with Crippen LogP contribution in [-0.2, 0) is 22.6 Å². The number of anilines is 1. The van der Waals surface area contributed by atoms with Gasteiger partial charge in [-0.1, -0.05) is 41.2 Å². The largest absolute Gasteiger partial charge is 0.377 e. The number of nitrogens with one attached hydrogen (secondary N) is 1. The molecule has 6 heteroatoms. The molecular weight excluding hydrogens is 262 g/mol. The fourth-order valence-electron chi connectivity index (χ4n) is 1.54. The van der Waals surface area contributed by atoms with Gasteiger partial charge in [-0.25, -0.2) is 0 Å². The quantitative estimate of drug-likeness (QED) is 0.909. The van der Waals surface area contributed by atoms with E-state index >= 15 is 0 Å². The van der Waals surface area contributed by atoms with E-state index in [-0.39, 0.29) is 5.91 Å². The van der Waals surface area contributed by atoms with Crippen LogP contribution in [0.25, 0.3) is 0 Å². The zero-order chi connectivity index (χ0) is 13.7. The molecule has 0 saturated carbocycles. The van der Waals surface area contributed by atoms with E-state index in [1.54, 1.807) is 7.11 Å². The normalized spacial score (nSPS) is 10.4. The Labute approximate surface area is 115 Å². The molecule has 0 aliphatic heterocycles. The molecule has 0 aliphatic rings. The van der Waals surface area contributed by atoms with Gasteiger partial charge >= 0.3 is 0 Å². The molecule has 0 spiro atoms. The van der Waals surface area contributed by atoms with Crippen molar-refractivity contribution in [2.75, 3.05) is 12.4 Å². The third-order valence-corrected chi connectivity index (χ3v) is 3.28. The highest BCUT2D eigenvalue weighted by Crippen LogP contribution is 2.16. The SMILES string of the molecule is COCc1nnc(NC(=O)Cc2ccc(C)cc2)s1. The number of ether oxygens (including phenoxy) is 1. The second-order valence-corrected chi connectivity index (χ2v) is 5.21. The van der Waals surface area contributed by atoms with Gasteiger partial charge in [0.2, 0.25) is 11.0 Å². The van der Waals surface area contributed by atoms with E-state index in [4.69, 9.17) is 4.74 Å². The van der Waals surface area contributed by atoms with Gasteiger partial charge in [0.15, 0.2) is 0 Å². The van der Waals surface area contributed by atoms with E-state index in [0.29, 0.717) is 18.2 Å². The third kappa shape index (κ3) is 4.11. The van der Waals surface area contributed by atoms with Crippen molar-refractivity contribution < 1.29 is 9.53 Å². The molecule has 0 radical (unpaired) electrons. The number of benzene rings is 1. The zero-order valence-corrected chi connectivity index (χ0v) is 11.7. The fourth-order valence-corrected chi connectivity index (χ4v) is 2.27. The second-order valence-electron chi connectivity index (χ2n) is 4.14. The van der Waals surface area contributed by atoms with Crippen LogP contribution in [0.5, 0.6) is 0 Å². The van der Waals surface area contributed by atoms with Gasteiger partial charge in [0.1, 0.15) is 11.6 Å². The lowest BCUT2D eigenvalue weighted by molar-refractivity contribution is -0.115.